The number of benzene rings is 2. The van der Waals surface area contributed by atoms with Gasteiger partial charge in [0.1, 0.15) is 0 Å². The molecule has 6 heteroatoms. The van der Waals surface area contributed by atoms with Gasteiger partial charge < -0.3 is 5.11 Å². The van der Waals surface area contributed by atoms with E-state index in [2.05, 4.69) is 0 Å². The van der Waals surface area contributed by atoms with Crippen LogP contribution in [0.4, 0.5) is 13.2 Å². The third-order valence-corrected chi connectivity index (χ3v) is 3.12. The Bertz CT molecular complexity index is 761. The molecule has 22 heavy (non-hydrogen) atoms. The van der Waals surface area contributed by atoms with Crippen molar-refractivity contribution in [1.29, 1.82) is 5.26 Å². The number of nitriles is 1. The number of carboxylic acid groups (broad SMARTS) is 1. The molecule has 2 rings (SSSR count). The van der Waals surface area contributed by atoms with Gasteiger partial charge in [-0.05, 0) is 28.8 Å². The first kappa shape index (κ1) is 15.6. The molecule has 112 valence electrons. The number of hydrogen-bond donors (Lipinski definition) is 1. The van der Waals surface area contributed by atoms with E-state index in [4.69, 9.17) is 10.4 Å². The molecule has 0 saturated carbocycles. The van der Waals surface area contributed by atoms with Gasteiger partial charge in [-0.2, -0.15) is 18.4 Å². The molecule has 0 aliphatic carbocycles. The van der Waals surface area contributed by atoms with Crippen molar-refractivity contribution in [3.8, 4) is 17.2 Å². The number of halogens is 3. The zero-order valence-electron chi connectivity index (χ0n) is 11.2. The molecule has 0 aliphatic heterocycles. The fourth-order valence-corrected chi connectivity index (χ4v) is 2.15. The largest absolute Gasteiger partial charge is 0.481 e. The Morgan fingerprint density at radius 3 is 2.45 bits per heavy atom. The maximum Gasteiger partial charge on any atom is 0.417 e. The van der Waals surface area contributed by atoms with Crippen LogP contribution in [0.15, 0.2) is 42.5 Å². The van der Waals surface area contributed by atoms with Gasteiger partial charge in [0.25, 0.3) is 0 Å². The van der Waals surface area contributed by atoms with E-state index in [0.29, 0.717) is 0 Å². The van der Waals surface area contributed by atoms with E-state index in [1.54, 1.807) is 0 Å². The van der Waals surface area contributed by atoms with Crippen LogP contribution in [0.25, 0.3) is 11.1 Å². The monoisotopic (exact) mass is 305 g/mol. The SMILES string of the molecule is N#Cc1cc(-c2ccccc2C(F)(F)F)ccc1CC(=O)O. The van der Waals surface area contributed by atoms with E-state index < -0.39 is 17.7 Å². The van der Waals surface area contributed by atoms with Crippen molar-refractivity contribution in [3.63, 3.8) is 0 Å². The van der Waals surface area contributed by atoms with Crippen LogP contribution in [0.5, 0.6) is 0 Å². The lowest BCUT2D eigenvalue weighted by molar-refractivity contribution is -0.137. The highest BCUT2D eigenvalue weighted by atomic mass is 19.4. The standard InChI is InChI=1S/C16H10F3NO2/c17-16(18,19)14-4-2-1-3-13(14)11-6-5-10(8-15(21)22)12(7-11)9-20/h1-7H,8H2,(H,21,22). The lowest BCUT2D eigenvalue weighted by atomic mass is 9.95. The molecule has 0 amide bonds. The molecular formula is C16H10F3NO2. The summed E-state index contributed by atoms with van der Waals surface area (Å²) in [7, 11) is 0. The molecule has 0 bridgehead atoms. The lowest BCUT2D eigenvalue weighted by Crippen LogP contribution is -2.07. The second kappa shape index (κ2) is 5.90. The summed E-state index contributed by atoms with van der Waals surface area (Å²) in [5.74, 6) is -1.11. The first-order valence-electron chi connectivity index (χ1n) is 6.24. The highest BCUT2D eigenvalue weighted by Crippen LogP contribution is 2.37. The summed E-state index contributed by atoms with van der Waals surface area (Å²) in [5, 5.41) is 17.8. The van der Waals surface area contributed by atoms with E-state index >= 15 is 0 Å². The van der Waals surface area contributed by atoms with Gasteiger partial charge in [-0.1, -0.05) is 30.3 Å². The molecule has 2 aromatic rings. The fraction of sp³-hybridized carbons (Fsp3) is 0.125. The van der Waals surface area contributed by atoms with Gasteiger partial charge in [-0.25, -0.2) is 0 Å². The van der Waals surface area contributed by atoms with Crippen LogP contribution in [0.3, 0.4) is 0 Å². The second-order valence-electron chi connectivity index (χ2n) is 4.60. The molecule has 0 radical (unpaired) electrons. The first-order valence-corrected chi connectivity index (χ1v) is 6.24. The third-order valence-electron chi connectivity index (χ3n) is 3.12. The minimum atomic E-state index is -4.51. The Balaban J connectivity index is 2.56. The lowest BCUT2D eigenvalue weighted by Gasteiger charge is -2.13. The van der Waals surface area contributed by atoms with Crippen LogP contribution in [-0.4, -0.2) is 11.1 Å². The summed E-state index contributed by atoms with van der Waals surface area (Å²) < 4.78 is 39.1. The molecule has 0 aliphatic rings. The first-order chi connectivity index (χ1) is 10.3. The number of alkyl halides is 3. The average Bonchev–Trinajstić information content (AvgIpc) is 2.46. The number of hydrogen-bond acceptors (Lipinski definition) is 2. The molecule has 0 heterocycles. The predicted molar refractivity (Wildman–Crippen MR) is 72.9 cm³/mol. The normalized spacial score (nSPS) is 11.0. The quantitative estimate of drug-likeness (QED) is 0.936. The highest BCUT2D eigenvalue weighted by Gasteiger charge is 2.33. The molecule has 0 unspecified atom stereocenters. The van der Waals surface area contributed by atoms with Crippen molar-refractivity contribution in [2.24, 2.45) is 0 Å². The van der Waals surface area contributed by atoms with Crippen molar-refractivity contribution in [2.75, 3.05) is 0 Å². The number of rotatable bonds is 3. The van der Waals surface area contributed by atoms with Gasteiger partial charge in [-0.3, -0.25) is 4.79 Å². The molecular weight excluding hydrogens is 295 g/mol. The maximum absolute atomic E-state index is 13.0. The minimum absolute atomic E-state index is 0.0478. The molecule has 0 saturated heterocycles. The van der Waals surface area contributed by atoms with E-state index in [1.807, 2.05) is 6.07 Å². The van der Waals surface area contributed by atoms with E-state index in [0.717, 1.165) is 6.07 Å². The summed E-state index contributed by atoms with van der Waals surface area (Å²) in [4.78, 5) is 10.7. The molecule has 3 nitrogen and oxygen atoms in total. The zero-order chi connectivity index (χ0) is 16.3. The number of carboxylic acids is 1. The van der Waals surface area contributed by atoms with Crippen LogP contribution in [0.2, 0.25) is 0 Å². The van der Waals surface area contributed by atoms with E-state index in [9.17, 15) is 18.0 Å². The van der Waals surface area contributed by atoms with E-state index in [1.165, 1.54) is 36.4 Å². The van der Waals surface area contributed by atoms with Crippen LogP contribution in [0.1, 0.15) is 16.7 Å². The third kappa shape index (κ3) is 3.26. The van der Waals surface area contributed by atoms with Gasteiger partial charge >= 0.3 is 12.1 Å². The zero-order valence-corrected chi connectivity index (χ0v) is 11.2. The fourth-order valence-electron chi connectivity index (χ4n) is 2.15. The predicted octanol–water partition coefficient (Wildman–Crippen LogP) is 3.87. The number of nitrogens with zero attached hydrogens (tertiary/aromatic N) is 1. The highest BCUT2D eigenvalue weighted by molar-refractivity contribution is 5.74. The Hall–Kier alpha value is -2.81. The van der Waals surface area contributed by atoms with Crippen LogP contribution >= 0.6 is 0 Å². The Morgan fingerprint density at radius 1 is 1.18 bits per heavy atom. The topological polar surface area (TPSA) is 61.1 Å². The Morgan fingerprint density at radius 2 is 1.86 bits per heavy atom. The van der Waals surface area contributed by atoms with Crippen LogP contribution in [0, 0.1) is 11.3 Å². The van der Waals surface area contributed by atoms with Crippen LogP contribution in [-0.2, 0) is 17.4 Å². The van der Waals surface area contributed by atoms with Crippen LogP contribution < -0.4 is 0 Å². The van der Waals surface area contributed by atoms with Gasteiger partial charge in [0, 0.05) is 0 Å². The summed E-state index contributed by atoms with van der Waals surface area (Å²) in [6.45, 7) is 0. The van der Waals surface area contributed by atoms with Gasteiger partial charge in [0.2, 0.25) is 0 Å². The van der Waals surface area contributed by atoms with Crippen molar-refractivity contribution in [1.82, 2.24) is 0 Å². The van der Waals surface area contributed by atoms with Crippen molar-refractivity contribution < 1.29 is 23.1 Å². The molecule has 1 N–H and O–H groups in total. The summed E-state index contributed by atoms with van der Waals surface area (Å²) in [5.41, 5.74) is -0.308. The Labute approximate surface area is 124 Å². The molecule has 0 aromatic heterocycles. The van der Waals surface area contributed by atoms with Crippen molar-refractivity contribution >= 4 is 5.97 Å². The summed E-state index contributed by atoms with van der Waals surface area (Å²) in [6.07, 6.45) is -4.87. The van der Waals surface area contributed by atoms with Crippen molar-refractivity contribution in [3.05, 3.63) is 59.2 Å². The molecule has 0 spiro atoms. The number of aliphatic carboxylic acids is 1. The van der Waals surface area contributed by atoms with Gasteiger partial charge in [0.05, 0.1) is 23.6 Å². The van der Waals surface area contributed by atoms with Crippen molar-refractivity contribution in [2.45, 2.75) is 12.6 Å². The summed E-state index contributed by atoms with van der Waals surface area (Å²) >= 11 is 0. The summed E-state index contributed by atoms with van der Waals surface area (Å²) in [6, 6.07) is 10.9. The smallest absolute Gasteiger partial charge is 0.417 e. The minimum Gasteiger partial charge on any atom is -0.481 e. The Kier molecular flexibility index (Phi) is 4.18. The van der Waals surface area contributed by atoms with Gasteiger partial charge in [-0.15, -0.1) is 0 Å². The van der Waals surface area contributed by atoms with Gasteiger partial charge in [0.15, 0.2) is 0 Å². The maximum atomic E-state index is 13.0. The second-order valence-corrected chi connectivity index (χ2v) is 4.60. The molecule has 2 aromatic carbocycles. The number of carbonyl (C=O) groups is 1. The molecule has 0 atom stereocenters. The average molecular weight is 305 g/mol. The van der Waals surface area contributed by atoms with E-state index in [-0.39, 0.29) is 28.7 Å². The molecule has 0 fully saturated rings.